The Hall–Kier alpha value is -4.15. The topological polar surface area (TPSA) is 38.9 Å². The van der Waals surface area contributed by atoms with Gasteiger partial charge in [-0.15, -0.1) is 53.6 Å². The van der Waals surface area contributed by atoms with E-state index < -0.39 is 8.07 Å². The standard InChI is InChI=1S/C25H30NSi.C22H20NO.Ir/c1-19(2)14-23-17-24(26-18-25(23)27(3,4)5)22-13-9-12-21(16-22)15-20-10-7-6-8-11-20;1-22(2,3)14-15-11-12-23-19(13-15)18-9-6-8-17-16-7-4-5-10-20(16)24-21(17)18;/h6-12,16-19H,14-15H2,1-5H3;4-8,10-13H,14H2,1-3H3;/q2*-1;. The predicted molar refractivity (Wildman–Crippen MR) is 218 cm³/mol. The van der Waals surface area contributed by atoms with Crippen molar-refractivity contribution in [1.29, 1.82) is 0 Å². The number of aromatic nitrogens is 2. The number of fused-ring (bicyclic) bond motifs is 3. The maximum absolute atomic E-state index is 6.11. The summed E-state index contributed by atoms with van der Waals surface area (Å²) in [5, 5.41) is 3.73. The van der Waals surface area contributed by atoms with Gasteiger partial charge in [-0.2, -0.15) is 0 Å². The maximum Gasteiger partial charge on any atom is 0.120 e. The number of benzene rings is 4. The molecule has 0 aliphatic carbocycles. The van der Waals surface area contributed by atoms with E-state index in [-0.39, 0.29) is 25.5 Å². The van der Waals surface area contributed by atoms with E-state index in [9.17, 15) is 0 Å². The molecule has 1 radical (unpaired) electrons. The van der Waals surface area contributed by atoms with Gasteiger partial charge in [0.2, 0.25) is 0 Å². The summed E-state index contributed by atoms with van der Waals surface area (Å²) < 4.78 is 6.11. The van der Waals surface area contributed by atoms with Crippen LogP contribution in [0.4, 0.5) is 0 Å². The Labute approximate surface area is 325 Å². The van der Waals surface area contributed by atoms with Gasteiger partial charge in [-0.05, 0) is 64.9 Å². The molecule has 0 N–H and O–H groups in total. The summed E-state index contributed by atoms with van der Waals surface area (Å²) in [6.45, 7) is 18.5. The first-order chi connectivity index (χ1) is 24.3. The molecule has 3 nitrogen and oxygen atoms in total. The molecule has 0 fully saturated rings. The van der Waals surface area contributed by atoms with Crippen LogP contribution in [0, 0.1) is 23.5 Å². The molecular formula is C47H50IrN2OSi-2. The fourth-order valence-electron chi connectivity index (χ4n) is 6.75. The first-order valence-corrected chi connectivity index (χ1v) is 21.7. The second-order valence-electron chi connectivity index (χ2n) is 16.3. The van der Waals surface area contributed by atoms with Gasteiger partial charge in [0.1, 0.15) is 5.58 Å². The molecule has 0 aliphatic heterocycles. The van der Waals surface area contributed by atoms with E-state index in [1.165, 1.54) is 27.4 Å². The summed E-state index contributed by atoms with van der Waals surface area (Å²) in [5.41, 5.74) is 11.4. The minimum absolute atomic E-state index is 0. The molecule has 3 heterocycles. The Morgan fingerprint density at radius 3 is 2.19 bits per heavy atom. The molecule has 7 rings (SSSR count). The van der Waals surface area contributed by atoms with Crippen molar-refractivity contribution in [3.8, 4) is 22.5 Å². The molecule has 5 heteroatoms. The average Bonchev–Trinajstić information content (AvgIpc) is 3.47. The first-order valence-electron chi connectivity index (χ1n) is 18.2. The summed E-state index contributed by atoms with van der Waals surface area (Å²) in [6.07, 6.45) is 7.08. The molecule has 4 aromatic carbocycles. The van der Waals surface area contributed by atoms with Gasteiger partial charge in [-0.3, -0.25) is 0 Å². The molecule has 0 bridgehead atoms. The molecule has 0 saturated heterocycles. The smallest absolute Gasteiger partial charge is 0.120 e. The third kappa shape index (κ3) is 9.83. The van der Waals surface area contributed by atoms with Crippen molar-refractivity contribution in [2.75, 3.05) is 0 Å². The SMILES string of the molecule is CC(C)(C)Cc1ccnc(-c2[c-]ccc3c2oc2ccccc23)c1.CC(C)Cc1cc(-c2[c-]ccc(Cc3ccccc3)c2)ncc1[Si](C)(C)C.[Ir]. The number of furan rings is 1. The molecular weight excluding hydrogens is 829 g/mol. The van der Waals surface area contributed by atoms with Gasteiger partial charge in [0.05, 0.1) is 13.7 Å². The Morgan fingerprint density at radius 1 is 0.731 bits per heavy atom. The van der Waals surface area contributed by atoms with Crippen molar-refractivity contribution >= 4 is 35.2 Å². The Morgan fingerprint density at radius 2 is 1.46 bits per heavy atom. The monoisotopic (exact) mass is 879 g/mol. The molecule has 0 atom stereocenters. The van der Waals surface area contributed by atoms with Crippen LogP contribution < -0.4 is 5.19 Å². The Kier molecular flexibility index (Phi) is 12.5. The van der Waals surface area contributed by atoms with Crippen molar-refractivity contribution in [1.82, 2.24) is 9.97 Å². The number of hydrogen-bond donors (Lipinski definition) is 0. The Bertz CT molecular complexity index is 2240. The molecule has 0 saturated carbocycles. The minimum Gasteiger partial charge on any atom is -0.501 e. The van der Waals surface area contributed by atoms with E-state index >= 15 is 0 Å². The van der Waals surface area contributed by atoms with Gasteiger partial charge < -0.3 is 14.4 Å². The summed E-state index contributed by atoms with van der Waals surface area (Å²) >= 11 is 0. The zero-order chi connectivity index (χ0) is 36.2. The van der Waals surface area contributed by atoms with Crippen LogP contribution in [-0.2, 0) is 39.4 Å². The largest absolute Gasteiger partial charge is 0.501 e. The second-order valence-corrected chi connectivity index (χ2v) is 21.4. The van der Waals surface area contributed by atoms with E-state index in [1.54, 1.807) is 0 Å². The third-order valence-corrected chi connectivity index (χ3v) is 11.0. The zero-order valence-corrected chi connectivity index (χ0v) is 35.2. The molecule has 0 aliphatic rings. The van der Waals surface area contributed by atoms with Crippen LogP contribution in [0.25, 0.3) is 44.5 Å². The van der Waals surface area contributed by atoms with Crippen LogP contribution in [0.3, 0.4) is 0 Å². The van der Waals surface area contributed by atoms with Gasteiger partial charge in [0, 0.05) is 37.9 Å². The summed E-state index contributed by atoms with van der Waals surface area (Å²) in [7, 11) is -1.40. The van der Waals surface area contributed by atoms with Gasteiger partial charge in [0.15, 0.2) is 0 Å². The number of nitrogens with zero attached hydrogens (tertiary/aromatic N) is 2. The second kappa shape index (κ2) is 16.7. The van der Waals surface area contributed by atoms with E-state index in [2.05, 4.69) is 150 Å². The molecule has 269 valence electrons. The van der Waals surface area contributed by atoms with E-state index in [0.717, 1.165) is 63.7 Å². The van der Waals surface area contributed by atoms with Crippen LogP contribution in [-0.4, -0.2) is 18.0 Å². The average molecular weight is 879 g/mol. The third-order valence-electron chi connectivity index (χ3n) is 8.97. The van der Waals surface area contributed by atoms with Crippen LogP contribution >= 0.6 is 0 Å². The number of pyridine rings is 2. The van der Waals surface area contributed by atoms with E-state index in [1.807, 2.05) is 36.5 Å². The molecule has 0 spiro atoms. The summed E-state index contributed by atoms with van der Waals surface area (Å²) in [6, 6.07) is 42.5. The predicted octanol–water partition coefficient (Wildman–Crippen LogP) is 11.9. The molecule has 3 aromatic heterocycles. The van der Waals surface area contributed by atoms with Crippen LogP contribution in [0.1, 0.15) is 56.9 Å². The first kappa shape index (κ1) is 39.1. The van der Waals surface area contributed by atoms with Crippen molar-refractivity contribution in [2.45, 2.75) is 73.5 Å². The fraction of sp³-hybridized carbons (Fsp3) is 0.277. The van der Waals surface area contributed by atoms with Crippen molar-refractivity contribution in [2.24, 2.45) is 11.3 Å². The summed E-state index contributed by atoms with van der Waals surface area (Å²) in [5.74, 6) is 0.642. The summed E-state index contributed by atoms with van der Waals surface area (Å²) in [4.78, 5) is 9.40. The van der Waals surface area contributed by atoms with E-state index in [0.29, 0.717) is 5.92 Å². The number of hydrogen-bond acceptors (Lipinski definition) is 3. The van der Waals surface area contributed by atoms with Gasteiger partial charge in [-0.1, -0.05) is 137 Å². The fourth-order valence-corrected chi connectivity index (χ4v) is 8.33. The Balaban J connectivity index is 0.000000198. The normalized spacial score (nSPS) is 11.7. The van der Waals surface area contributed by atoms with Gasteiger partial charge in [0.25, 0.3) is 0 Å². The molecule has 0 amide bonds. The van der Waals surface area contributed by atoms with Crippen molar-refractivity contribution < 1.29 is 24.5 Å². The van der Waals surface area contributed by atoms with Gasteiger partial charge >= 0.3 is 0 Å². The number of rotatable bonds is 8. The van der Waals surface area contributed by atoms with Crippen LogP contribution in [0.5, 0.6) is 0 Å². The van der Waals surface area contributed by atoms with Crippen molar-refractivity contribution in [3.63, 3.8) is 0 Å². The molecule has 52 heavy (non-hydrogen) atoms. The van der Waals surface area contributed by atoms with Crippen molar-refractivity contribution in [3.05, 3.63) is 150 Å². The van der Waals surface area contributed by atoms with E-state index in [4.69, 9.17) is 9.40 Å². The maximum atomic E-state index is 6.11. The zero-order valence-electron chi connectivity index (χ0n) is 31.8. The number of para-hydroxylation sites is 1. The quantitative estimate of drug-likeness (QED) is 0.113. The van der Waals surface area contributed by atoms with Gasteiger partial charge in [-0.25, -0.2) is 0 Å². The minimum atomic E-state index is -1.40. The molecule has 0 unspecified atom stereocenters. The van der Waals surface area contributed by atoms with Crippen LogP contribution in [0.2, 0.25) is 19.6 Å². The van der Waals surface area contributed by atoms with Crippen LogP contribution in [0.15, 0.2) is 120 Å². The molecule has 7 aromatic rings.